The van der Waals surface area contributed by atoms with E-state index in [0.717, 1.165) is 15.4 Å². The zero-order valence-corrected chi connectivity index (χ0v) is 26.1. The summed E-state index contributed by atoms with van der Waals surface area (Å²) < 4.78 is 44.5. The van der Waals surface area contributed by atoms with E-state index in [1.54, 1.807) is 42.5 Å². The highest BCUT2D eigenvalue weighted by molar-refractivity contribution is 7.92. The number of carbonyl (C=O) groups is 2. The number of nitrogens with zero attached hydrogens (tertiary/aromatic N) is 2. The van der Waals surface area contributed by atoms with Crippen molar-refractivity contribution in [2.45, 2.75) is 18.7 Å². The minimum Gasteiger partial charge on any atom is -0.493 e. The Labute approximate surface area is 262 Å². The van der Waals surface area contributed by atoms with Gasteiger partial charge >= 0.3 is 0 Å². The first-order valence-corrected chi connectivity index (χ1v) is 15.3. The lowest BCUT2D eigenvalue weighted by Gasteiger charge is -2.24. The van der Waals surface area contributed by atoms with E-state index in [0.29, 0.717) is 28.5 Å². The van der Waals surface area contributed by atoms with E-state index in [1.807, 2.05) is 38.1 Å². The number of methoxy groups -OCH3 is 2. The molecule has 0 aliphatic carbocycles. The summed E-state index contributed by atoms with van der Waals surface area (Å²) in [6.07, 6.45) is 1.40. The van der Waals surface area contributed by atoms with Gasteiger partial charge in [-0.2, -0.15) is 5.10 Å². The van der Waals surface area contributed by atoms with Crippen LogP contribution < -0.4 is 29.3 Å². The molecule has 4 aromatic carbocycles. The number of hydrazone groups is 1. The minimum absolute atomic E-state index is 0.0223. The van der Waals surface area contributed by atoms with Crippen LogP contribution in [0.15, 0.2) is 101 Å². The van der Waals surface area contributed by atoms with E-state index >= 15 is 0 Å². The van der Waals surface area contributed by atoms with Crippen LogP contribution in [0.1, 0.15) is 16.7 Å². The lowest BCUT2D eigenvalue weighted by molar-refractivity contribution is -0.119. The Morgan fingerprint density at radius 2 is 1.42 bits per heavy atom. The Morgan fingerprint density at radius 1 is 0.800 bits per heavy atom. The number of aryl methyl sites for hydroxylation is 2. The van der Waals surface area contributed by atoms with Gasteiger partial charge in [0.2, 0.25) is 0 Å². The van der Waals surface area contributed by atoms with Crippen LogP contribution in [0.25, 0.3) is 0 Å². The van der Waals surface area contributed by atoms with E-state index in [4.69, 9.17) is 14.2 Å². The van der Waals surface area contributed by atoms with Gasteiger partial charge in [0.25, 0.3) is 21.8 Å². The number of nitrogens with one attached hydrogen (secondary N) is 2. The van der Waals surface area contributed by atoms with Gasteiger partial charge in [0.05, 0.1) is 31.0 Å². The SMILES string of the molecule is COc1ccc(N(CC(=O)N/N=C/c2ccc(OCC(=O)Nc3ccc(C)cc3)cc2)S(=O)(=O)c2ccc(C)cc2)cc1OC. The van der Waals surface area contributed by atoms with E-state index < -0.39 is 22.5 Å². The Bertz CT molecular complexity index is 1760. The number of benzene rings is 4. The molecule has 0 aliphatic rings. The molecule has 0 aromatic heterocycles. The van der Waals surface area contributed by atoms with Crippen LogP contribution in [-0.2, 0) is 19.6 Å². The third-order valence-corrected chi connectivity index (χ3v) is 8.33. The second-order valence-electron chi connectivity index (χ2n) is 9.93. The molecule has 2 N–H and O–H groups in total. The molecule has 0 bridgehead atoms. The molecule has 4 aromatic rings. The van der Waals surface area contributed by atoms with Gasteiger partial charge in [-0.3, -0.25) is 13.9 Å². The number of amides is 2. The molecule has 0 radical (unpaired) electrons. The van der Waals surface area contributed by atoms with E-state index in [2.05, 4.69) is 15.8 Å². The van der Waals surface area contributed by atoms with Gasteiger partial charge < -0.3 is 19.5 Å². The van der Waals surface area contributed by atoms with E-state index in [1.165, 1.54) is 44.7 Å². The van der Waals surface area contributed by atoms with E-state index in [-0.39, 0.29) is 23.1 Å². The molecule has 0 unspecified atom stereocenters. The first-order chi connectivity index (χ1) is 21.6. The normalized spacial score (nSPS) is 11.1. The molecule has 2 amide bonds. The van der Waals surface area contributed by atoms with Crippen molar-refractivity contribution in [2.75, 3.05) is 37.0 Å². The molecule has 0 atom stereocenters. The maximum atomic E-state index is 13.7. The summed E-state index contributed by atoms with van der Waals surface area (Å²) in [6.45, 7) is 3.09. The third-order valence-electron chi connectivity index (χ3n) is 6.54. The molecule has 0 heterocycles. The standard InChI is InChI=1S/C33H34N4O7S/c1-23-5-11-26(12-6-23)35-33(39)22-44-28-14-9-25(10-15-28)20-34-36-32(38)21-37(27-13-18-30(42-3)31(19-27)43-4)45(40,41)29-16-7-24(2)8-17-29/h5-20H,21-22H2,1-4H3,(H,35,39)(H,36,38)/b34-20+. The van der Waals surface area contributed by atoms with Gasteiger partial charge in [-0.05, 0) is 80.1 Å². The quantitative estimate of drug-likeness (QED) is 0.162. The lowest BCUT2D eigenvalue weighted by atomic mass is 10.2. The molecule has 0 saturated carbocycles. The predicted molar refractivity (Wildman–Crippen MR) is 173 cm³/mol. The average molecular weight is 631 g/mol. The summed E-state index contributed by atoms with van der Waals surface area (Å²) in [7, 11) is -1.24. The maximum absolute atomic E-state index is 13.7. The second kappa shape index (κ2) is 14.9. The number of ether oxygens (including phenoxy) is 3. The van der Waals surface area contributed by atoms with Gasteiger partial charge in [-0.15, -0.1) is 0 Å². The van der Waals surface area contributed by atoms with Crippen LogP contribution in [0.3, 0.4) is 0 Å². The van der Waals surface area contributed by atoms with Crippen molar-refractivity contribution < 1.29 is 32.2 Å². The maximum Gasteiger partial charge on any atom is 0.264 e. The highest BCUT2D eigenvalue weighted by atomic mass is 32.2. The zero-order chi connectivity index (χ0) is 32.4. The Morgan fingerprint density at radius 3 is 2.04 bits per heavy atom. The topological polar surface area (TPSA) is 136 Å². The van der Waals surface area contributed by atoms with Gasteiger partial charge in [-0.25, -0.2) is 13.8 Å². The Hall–Kier alpha value is -5.36. The third kappa shape index (κ3) is 8.83. The highest BCUT2D eigenvalue weighted by Gasteiger charge is 2.28. The summed E-state index contributed by atoms with van der Waals surface area (Å²) in [5, 5.41) is 6.74. The summed E-state index contributed by atoms with van der Waals surface area (Å²) >= 11 is 0. The number of rotatable bonds is 13. The van der Waals surface area contributed by atoms with Crippen LogP contribution in [0.2, 0.25) is 0 Å². The van der Waals surface area contributed by atoms with Crippen LogP contribution in [0.4, 0.5) is 11.4 Å². The summed E-state index contributed by atoms with van der Waals surface area (Å²) in [5.41, 5.74) is 5.89. The number of sulfonamides is 1. The molecule has 0 aliphatic heterocycles. The van der Waals surface area contributed by atoms with Gasteiger partial charge in [0.15, 0.2) is 18.1 Å². The number of carbonyl (C=O) groups excluding carboxylic acids is 2. The van der Waals surface area contributed by atoms with Crippen LogP contribution in [0, 0.1) is 13.8 Å². The zero-order valence-electron chi connectivity index (χ0n) is 25.3. The fraction of sp³-hybridized carbons (Fsp3) is 0.182. The van der Waals surface area contributed by atoms with Crippen LogP contribution >= 0.6 is 0 Å². The van der Waals surface area contributed by atoms with Crippen molar-refractivity contribution in [3.05, 3.63) is 108 Å². The van der Waals surface area contributed by atoms with Crippen molar-refractivity contribution >= 4 is 39.4 Å². The van der Waals surface area contributed by atoms with Crippen molar-refractivity contribution in [1.82, 2.24) is 5.43 Å². The molecular weight excluding hydrogens is 596 g/mol. The molecule has 4 rings (SSSR count). The van der Waals surface area contributed by atoms with Crippen molar-refractivity contribution in [1.29, 1.82) is 0 Å². The van der Waals surface area contributed by atoms with Crippen molar-refractivity contribution in [2.24, 2.45) is 5.10 Å². The van der Waals surface area contributed by atoms with Crippen molar-refractivity contribution in [3.63, 3.8) is 0 Å². The molecule has 0 saturated heterocycles. The largest absolute Gasteiger partial charge is 0.493 e. The molecule has 0 fully saturated rings. The van der Waals surface area contributed by atoms with E-state index in [9.17, 15) is 18.0 Å². The van der Waals surface area contributed by atoms with Crippen molar-refractivity contribution in [3.8, 4) is 17.2 Å². The molecule has 11 nitrogen and oxygen atoms in total. The molecule has 0 spiro atoms. The monoisotopic (exact) mass is 630 g/mol. The second-order valence-corrected chi connectivity index (χ2v) is 11.8. The fourth-order valence-electron chi connectivity index (χ4n) is 4.11. The first-order valence-electron chi connectivity index (χ1n) is 13.8. The first kappa shape index (κ1) is 32.6. The van der Waals surface area contributed by atoms with Gasteiger partial charge in [-0.1, -0.05) is 35.4 Å². The summed E-state index contributed by atoms with van der Waals surface area (Å²) in [4.78, 5) is 25.1. The van der Waals surface area contributed by atoms with Gasteiger partial charge in [0.1, 0.15) is 12.3 Å². The number of hydrogen-bond acceptors (Lipinski definition) is 8. The smallest absolute Gasteiger partial charge is 0.264 e. The number of hydrogen-bond donors (Lipinski definition) is 2. The van der Waals surface area contributed by atoms with Crippen LogP contribution in [0.5, 0.6) is 17.2 Å². The summed E-state index contributed by atoms with van der Waals surface area (Å²) in [6, 6.07) is 25.1. The Kier molecular flexibility index (Phi) is 10.8. The van der Waals surface area contributed by atoms with Crippen LogP contribution in [-0.4, -0.2) is 53.8 Å². The Balaban J connectivity index is 1.39. The summed E-state index contributed by atoms with van der Waals surface area (Å²) in [5.74, 6) is 0.221. The molecular formula is C33H34N4O7S. The molecule has 234 valence electrons. The fourth-order valence-corrected chi connectivity index (χ4v) is 5.52. The van der Waals surface area contributed by atoms with Gasteiger partial charge in [0, 0.05) is 11.8 Å². The molecule has 45 heavy (non-hydrogen) atoms. The predicted octanol–water partition coefficient (Wildman–Crippen LogP) is 4.68. The highest BCUT2D eigenvalue weighted by Crippen LogP contribution is 2.33. The average Bonchev–Trinajstić information content (AvgIpc) is 3.04. The lowest BCUT2D eigenvalue weighted by Crippen LogP contribution is -2.39. The number of anilines is 2. The molecule has 12 heteroatoms. The minimum atomic E-state index is -4.14.